The Morgan fingerprint density at radius 3 is 2.56 bits per heavy atom. The van der Waals surface area contributed by atoms with Gasteiger partial charge in [-0.1, -0.05) is 0 Å². The Hall–Kier alpha value is -2.57. The molecular formula is C9H7N3O4. The smallest absolute Gasteiger partial charge is 0.372 e. The number of nitrogen functional groups attached to an aromatic ring is 1. The molecular weight excluding hydrogens is 214 g/mol. The van der Waals surface area contributed by atoms with Gasteiger partial charge in [0.1, 0.15) is 0 Å². The van der Waals surface area contributed by atoms with Crippen LogP contribution in [0.3, 0.4) is 0 Å². The average Bonchev–Trinajstić information content (AvgIpc) is 2.56. The molecule has 4 N–H and O–H groups in total. The van der Waals surface area contributed by atoms with Gasteiger partial charge in [-0.2, -0.15) is 0 Å². The molecule has 0 saturated heterocycles. The summed E-state index contributed by atoms with van der Waals surface area (Å²) in [6.45, 7) is 0. The molecule has 0 aromatic carbocycles. The van der Waals surface area contributed by atoms with Crippen molar-refractivity contribution in [1.29, 1.82) is 0 Å². The highest BCUT2D eigenvalue weighted by Gasteiger charge is 2.20. The molecule has 0 aliphatic heterocycles. The molecule has 0 aliphatic carbocycles. The molecule has 2 heterocycles. The van der Waals surface area contributed by atoms with Gasteiger partial charge in [0.15, 0.2) is 5.69 Å². The van der Waals surface area contributed by atoms with Crippen LogP contribution < -0.4 is 5.73 Å². The standard InChI is InChI=1S/C9H7N3O4/c10-4-1-2-12-5(3-4)6(8(13)14)11-7(12)9(15)16/h1-3H,10H2,(H,13,14)(H,15,16). The minimum Gasteiger partial charge on any atom is -0.476 e. The first-order valence-electron chi connectivity index (χ1n) is 4.25. The molecule has 0 unspecified atom stereocenters. The quantitative estimate of drug-likeness (QED) is 0.671. The molecule has 0 fully saturated rings. The minimum absolute atomic E-state index is 0.157. The zero-order chi connectivity index (χ0) is 11.9. The van der Waals surface area contributed by atoms with E-state index >= 15 is 0 Å². The normalized spacial score (nSPS) is 10.5. The number of hydrogen-bond donors (Lipinski definition) is 3. The summed E-state index contributed by atoms with van der Waals surface area (Å²) >= 11 is 0. The summed E-state index contributed by atoms with van der Waals surface area (Å²) in [6, 6.07) is 2.83. The molecule has 0 amide bonds. The molecule has 2 aromatic heterocycles. The number of imidazole rings is 1. The summed E-state index contributed by atoms with van der Waals surface area (Å²) in [4.78, 5) is 25.2. The highest BCUT2D eigenvalue weighted by Crippen LogP contribution is 2.16. The van der Waals surface area contributed by atoms with Crippen molar-refractivity contribution in [3.8, 4) is 0 Å². The van der Waals surface area contributed by atoms with Crippen molar-refractivity contribution in [2.45, 2.75) is 0 Å². The number of anilines is 1. The number of rotatable bonds is 2. The third-order valence-corrected chi connectivity index (χ3v) is 2.06. The van der Waals surface area contributed by atoms with Gasteiger partial charge in [-0.15, -0.1) is 0 Å². The van der Waals surface area contributed by atoms with Gasteiger partial charge >= 0.3 is 11.9 Å². The lowest BCUT2D eigenvalue weighted by atomic mass is 10.3. The number of nitrogens with zero attached hydrogens (tertiary/aromatic N) is 2. The number of carbonyl (C=O) groups is 2. The Bertz CT molecular complexity index is 602. The predicted octanol–water partition coefficient (Wildman–Crippen LogP) is 0.313. The van der Waals surface area contributed by atoms with Gasteiger partial charge in [0.2, 0.25) is 5.82 Å². The molecule has 82 valence electrons. The lowest BCUT2D eigenvalue weighted by Crippen LogP contribution is -2.03. The highest BCUT2D eigenvalue weighted by molar-refractivity contribution is 5.97. The fourth-order valence-corrected chi connectivity index (χ4v) is 1.41. The van der Waals surface area contributed by atoms with Crippen LogP contribution in [-0.2, 0) is 0 Å². The predicted molar refractivity (Wildman–Crippen MR) is 53.5 cm³/mol. The average molecular weight is 221 g/mol. The van der Waals surface area contributed by atoms with Crippen LogP contribution in [0.25, 0.3) is 5.52 Å². The maximum atomic E-state index is 10.9. The molecule has 16 heavy (non-hydrogen) atoms. The third kappa shape index (κ3) is 1.34. The summed E-state index contributed by atoms with van der Waals surface area (Å²) in [6.07, 6.45) is 1.37. The van der Waals surface area contributed by atoms with Crippen LogP contribution >= 0.6 is 0 Å². The minimum atomic E-state index is -1.30. The third-order valence-electron chi connectivity index (χ3n) is 2.06. The van der Waals surface area contributed by atoms with Gasteiger partial charge in [0.05, 0.1) is 5.52 Å². The van der Waals surface area contributed by atoms with Crippen LogP contribution in [0.5, 0.6) is 0 Å². The lowest BCUT2D eigenvalue weighted by molar-refractivity contribution is 0.0682. The lowest BCUT2D eigenvalue weighted by Gasteiger charge is -1.97. The summed E-state index contributed by atoms with van der Waals surface area (Å²) in [5, 5.41) is 17.7. The zero-order valence-electron chi connectivity index (χ0n) is 7.91. The highest BCUT2D eigenvalue weighted by atomic mass is 16.4. The number of fused-ring (bicyclic) bond motifs is 1. The second-order valence-electron chi connectivity index (χ2n) is 3.11. The molecule has 2 aromatic rings. The van der Waals surface area contributed by atoms with E-state index in [0.29, 0.717) is 5.69 Å². The van der Waals surface area contributed by atoms with E-state index in [2.05, 4.69) is 4.98 Å². The molecule has 7 nitrogen and oxygen atoms in total. The van der Waals surface area contributed by atoms with Crippen molar-refractivity contribution in [3.63, 3.8) is 0 Å². The maximum absolute atomic E-state index is 10.9. The van der Waals surface area contributed by atoms with Crippen LogP contribution in [0.2, 0.25) is 0 Å². The van der Waals surface area contributed by atoms with E-state index in [-0.39, 0.29) is 17.0 Å². The number of nitrogens with two attached hydrogens (primary N) is 1. The molecule has 0 bridgehead atoms. The second kappa shape index (κ2) is 3.23. The molecule has 0 saturated carbocycles. The summed E-state index contributed by atoms with van der Waals surface area (Å²) in [5.74, 6) is -2.95. The Balaban J connectivity index is 2.87. The Morgan fingerprint density at radius 1 is 1.31 bits per heavy atom. The van der Waals surface area contributed by atoms with E-state index in [1.807, 2.05) is 0 Å². The molecule has 0 spiro atoms. The number of aromatic nitrogens is 2. The summed E-state index contributed by atoms with van der Waals surface area (Å²) < 4.78 is 1.17. The van der Waals surface area contributed by atoms with Gasteiger partial charge in [0.25, 0.3) is 0 Å². The number of carboxylic acid groups (broad SMARTS) is 2. The van der Waals surface area contributed by atoms with Crippen LogP contribution in [0.15, 0.2) is 18.3 Å². The van der Waals surface area contributed by atoms with Gasteiger partial charge in [-0.3, -0.25) is 4.40 Å². The van der Waals surface area contributed by atoms with Crippen molar-refractivity contribution in [2.75, 3.05) is 5.73 Å². The first-order valence-corrected chi connectivity index (χ1v) is 4.25. The monoisotopic (exact) mass is 221 g/mol. The van der Waals surface area contributed by atoms with Crippen molar-refractivity contribution in [3.05, 3.63) is 29.8 Å². The molecule has 0 atom stereocenters. The SMILES string of the molecule is Nc1ccn2c(C(=O)O)nc(C(=O)O)c2c1. The molecule has 0 radical (unpaired) electrons. The molecule has 2 rings (SSSR count). The van der Waals surface area contributed by atoms with E-state index in [1.165, 1.54) is 22.7 Å². The van der Waals surface area contributed by atoms with Crippen LogP contribution in [0.1, 0.15) is 21.1 Å². The van der Waals surface area contributed by atoms with Gasteiger partial charge in [-0.05, 0) is 12.1 Å². The number of aromatic carboxylic acids is 2. The van der Waals surface area contributed by atoms with Crippen molar-refractivity contribution in [2.24, 2.45) is 0 Å². The van der Waals surface area contributed by atoms with Crippen LogP contribution in [-0.4, -0.2) is 31.5 Å². The van der Waals surface area contributed by atoms with E-state index in [0.717, 1.165) is 0 Å². The van der Waals surface area contributed by atoms with Gasteiger partial charge in [-0.25, -0.2) is 14.6 Å². The fourth-order valence-electron chi connectivity index (χ4n) is 1.41. The Kier molecular flexibility index (Phi) is 2.01. The zero-order valence-corrected chi connectivity index (χ0v) is 7.91. The van der Waals surface area contributed by atoms with E-state index in [4.69, 9.17) is 15.9 Å². The van der Waals surface area contributed by atoms with Gasteiger partial charge in [0, 0.05) is 11.9 Å². The topological polar surface area (TPSA) is 118 Å². The van der Waals surface area contributed by atoms with E-state index in [1.54, 1.807) is 0 Å². The largest absolute Gasteiger partial charge is 0.476 e. The number of pyridine rings is 1. The van der Waals surface area contributed by atoms with Gasteiger partial charge < -0.3 is 15.9 Å². The molecule has 7 heteroatoms. The number of hydrogen-bond acceptors (Lipinski definition) is 4. The van der Waals surface area contributed by atoms with Crippen molar-refractivity contribution < 1.29 is 19.8 Å². The molecule has 0 aliphatic rings. The Labute approximate surface area is 88.8 Å². The maximum Gasteiger partial charge on any atom is 0.372 e. The van der Waals surface area contributed by atoms with Crippen molar-refractivity contribution >= 4 is 23.1 Å². The summed E-state index contributed by atoms with van der Waals surface area (Å²) in [5.41, 5.74) is 5.66. The first kappa shape index (κ1) is 9.97. The van der Waals surface area contributed by atoms with Crippen LogP contribution in [0, 0.1) is 0 Å². The number of carboxylic acids is 2. The second-order valence-corrected chi connectivity index (χ2v) is 3.11. The summed E-state index contributed by atoms with van der Waals surface area (Å²) in [7, 11) is 0. The Morgan fingerprint density at radius 2 is 2.00 bits per heavy atom. The van der Waals surface area contributed by atoms with Crippen LogP contribution in [0.4, 0.5) is 5.69 Å². The fraction of sp³-hybridized carbons (Fsp3) is 0. The van der Waals surface area contributed by atoms with E-state index < -0.39 is 11.9 Å². The van der Waals surface area contributed by atoms with Crippen molar-refractivity contribution in [1.82, 2.24) is 9.38 Å². The first-order chi connectivity index (χ1) is 7.50. The van der Waals surface area contributed by atoms with E-state index in [9.17, 15) is 9.59 Å².